The first-order valence-corrected chi connectivity index (χ1v) is 11.6. The minimum atomic E-state index is -0.489. The van der Waals surface area contributed by atoms with Crippen LogP contribution in [0.5, 0.6) is 5.75 Å². The average Bonchev–Trinajstić information content (AvgIpc) is 3.26. The summed E-state index contributed by atoms with van der Waals surface area (Å²) in [4.78, 5) is 30.0. The molecule has 0 unspecified atom stereocenters. The van der Waals surface area contributed by atoms with Crippen LogP contribution in [0, 0.1) is 0 Å². The van der Waals surface area contributed by atoms with Gasteiger partial charge in [0.05, 0.1) is 17.8 Å². The van der Waals surface area contributed by atoms with Crippen LogP contribution in [0.1, 0.15) is 43.5 Å². The van der Waals surface area contributed by atoms with Crippen molar-refractivity contribution in [2.24, 2.45) is 0 Å². The molecule has 3 atom stereocenters. The van der Waals surface area contributed by atoms with Gasteiger partial charge in [-0.1, -0.05) is 30.3 Å². The highest BCUT2D eigenvalue weighted by Crippen LogP contribution is 2.31. The maximum absolute atomic E-state index is 13.2. The molecule has 2 amide bonds. The summed E-state index contributed by atoms with van der Waals surface area (Å²) >= 11 is 0. The van der Waals surface area contributed by atoms with Crippen LogP contribution >= 0.6 is 0 Å². The third-order valence-electron chi connectivity index (χ3n) is 6.39. The minimum Gasteiger partial charge on any atom is -0.506 e. The Morgan fingerprint density at radius 2 is 1.88 bits per heavy atom. The molecular formula is C25H33N3O4. The quantitative estimate of drug-likeness (QED) is 0.677. The van der Waals surface area contributed by atoms with E-state index in [-0.39, 0.29) is 35.3 Å². The van der Waals surface area contributed by atoms with Gasteiger partial charge in [-0.3, -0.25) is 14.5 Å². The Kier molecular flexibility index (Phi) is 6.96. The van der Waals surface area contributed by atoms with Gasteiger partial charge in [0.1, 0.15) is 11.8 Å². The predicted molar refractivity (Wildman–Crippen MR) is 124 cm³/mol. The van der Waals surface area contributed by atoms with Gasteiger partial charge in [0.25, 0.3) is 5.91 Å². The van der Waals surface area contributed by atoms with Gasteiger partial charge in [-0.15, -0.1) is 0 Å². The van der Waals surface area contributed by atoms with Crippen molar-refractivity contribution in [3.63, 3.8) is 0 Å². The summed E-state index contributed by atoms with van der Waals surface area (Å²) in [6.07, 6.45) is 2.75. The molecule has 2 aromatic carbocycles. The molecule has 2 aliphatic heterocycles. The van der Waals surface area contributed by atoms with Crippen molar-refractivity contribution in [1.82, 2.24) is 15.1 Å². The number of amides is 2. The Morgan fingerprint density at radius 1 is 1.12 bits per heavy atom. The maximum Gasteiger partial charge on any atom is 0.258 e. The lowest BCUT2D eigenvalue weighted by Gasteiger charge is -2.35. The van der Waals surface area contributed by atoms with Crippen LogP contribution in [0.15, 0.2) is 36.4 Å². The van der Waals surface area contributed by atoms with E-state index in [2.05, 4.69) is 24.1 Å². The van der Waals surface area contributed by atoms with E-state index in [0.717, 1.165) is 37.9 Å². The summed E-state index contributed by atoms with van der Waals surface area (Å²) in [6, 6.07) is 10.4. The van der Waals surface area contributed by atoms with E-state index >= 15 is 0 Å². The topological polar surface area (TPSA) is 82.1 Å². The van der Waals surface area contributed by atoms with Gasteiger partial charge < -0.3 is 20.1 Å². The van der Waals surface area contributed by atoms with Crippen molar-refractivity contribution in [2.75, 3.05) is 32.7 Å². The number of nitrogens with one attached hydrogen (secondary N) is 1. The second kappa shape index (κ2) is 9.88. The molecule has 2 heterocycles. The molecule has 2 aromatic rings. The number of benzene rings is 2. The first kappa shape index (κ1) is 22.6. The Balaban J connectivity index is 1.33. The SMILES string of the molecule is C[C@@H]1CN(CCCNC(=O)[C@@H]2CCCN2C(=O)c2ccc3ccccc3c2O)C[C@@H](C)O1. The fourth-order valence-electron chi connectivity index (χ4n) is 4.96. The van der Waals surface area contributed by atoms with Gasteiger partial charge in [-0.25, -0.2) is 0 Å². The molecule has 2 saturated heterocycles. The van der Waals surface area contributed by atoms with Crippen LogP contribution in [0.25, 0.3) is 10.8 Å². The first-order valence-electron chi connectivity index (χ1n) is 11.6. The molecule has 0 aromatic heterocycles. The van der Waals surface area contributed by atoms with Crippen LogP contribution < -0.4 is 5.32 Å². The summed E-state index contributed by atoms with van der Waals surface area (Å²) in [5.41, 5.74) is 0.249. The number of aromatic hydroxyl groups is 1. The molecular weight excluding hydrogens is 406 g/mol. The lowest BCUT2D eigenvalue weighted by atomic mass is 10.0. The number of nitrogens with zero attached hydrogens (tertiary/aromatic N) is 2. The second-order valence-corrected chi connectivity index (χ2v) is 9.00. The Hall–Kier alpha value is -2.64. The third kappa shape index (κ3) is 4.89. The fourth-order valence-corrected chi connectivity index (χ4v) is 4.96. The summed E-state index contributed by atoms with van der Waals surface area (Å²) in [6.45, 7) is 8.02. The molecule has 7 nitrogen and oxygen atoms in total. The van der Waals surface area contributed by atoms with Crippen LogP contribution in [0.2, 0.25) is 0 Å². The molecule has 172 valence electrons. The van der Waals surface area contributed by atoms with E-state index in [1.807, 2.05) is 24.3 Å². The minimum absolute atomic E-state index is 0.0203. The summed E-state index contributed by atoms with van der Waals surface area (Å²) in [5, 5.41) is 15.2. The number of carbonyl (C=O) groups is 2. The molecule has 0 bridgehead atoms. The normalized spacial score (nSPS) is 24.1. The smallest absolute Gasteiger partial charge is 0.258 e. The first-order chi connectivity index (χ1) is 15.4. The summed E-state index contributed by atoms with van der Waals surface area (Å²) in [5.74, 6) is -0.421. The van der Waals surface area contributed by atoms with Crippen molar-refractivity contribution in [3.05, 3.63) is 42.0 Å². The molecule has 32 heavy (non-hydrogen) atoms. The maximum atomic E-state index is 13.2. The summed E-state index contributed by atoms with van der Waals surface area (Å²) in [7, 11) is 0. The van der Waals surface area contributed by atoms with Crippen LogP contribution in [-0.2, 0) is 9.53 Å². The molecule has 2 fully saturated rings. The molecule has 2 aliphatic rings. The lowest BCUT2D eigenvalue weighted by molar-refractivity contribution is -0.124. The zero-order chi connectivity index (χ0) is 22.7. The van der Waals surface area contributed by atoms with E-state index in [9.17, 15) is 14.7 Å². The van der Waals surface area contributed by atoms with Gasteiger partial charge in [-0.05, 0) is 44.6 Å². The van der Waals surface area contributed by atoms with Crippen molar-refractivity contribution < 1.29 is 19.4 Å². The van der Waals surface area contributed by atoms with E-state index in [1.54, 1.807) is 17.0 Å². The zero-order valence-corrected chi connectivity index (χ0v) is 18.9. The summed E-state index contributed by atoms with van der Waals surface area (Å²) < 4.78 is 5.76. The third-order valence-corrected chi connectivity index (χ3v) is 6.39. The van der Waals surface area contributed by atoms with E-state index in [1.165, 1.54) is 0 Å². The van der Waals surface area contributed by atoms with Gasteiger partial charge >= 0.3 is 0 Å². The predicted octanol–water partition coefficient (Wildman–Crippen LogP) is 2.77. The van der Waals surface area contributed by atoms with E-state index < -0.39 is 6.04 Å². The second-order valence-electron chi connectivity index (χ2n) is 9.00. The number of hydrogen-bond acceptors (Lipinski definition) is 5. The number of carbonyl (C=O) groups excluding carboxylic acids is 2. The van der Waals surface area contributed by atoms with Gasteiger partial charge in [0.2, 0.25) is 5.91 Å². The van der Waals surface area contributed by atoms with Crippen molar-refractivity contribution in [3.8, 4) is 5.75 Å². The lowest BCUT2D eigenvalue weighted by Crippen LogP contribution is -2.47. The number of morpholine rings is 1. The number of rotatable bonds is 6. The highest BCUT2D eigenvalue weighted by atomic mass is 16.5. The number of hydrogen-bond donors (Lipinski definition) is 2. The number of phenolic OH excluding ortho intramolecular Hbond substituents is 1. The Morgan fingerprint density at radius 3 is 2.66 bits per heavy atom. The Labute approximate surface area is 189 Å². The van der Waals surface area contributed by atoms with Gasteiger partial charge in [-0.2, -0.15) is 0 Å². The largest absolute Gasteiger partial charge is 0.506 e. The molecule has 0 spiro atoms. The molecule has 2 N–H and O–H groups in total. The van der Waals surface area contributed by atoms with Gasteiger partial charge in [0, 0.05) is 38.1 Å². The number of fused-ring (bicyclic) bond motifs is 1. The highest BCUT2D eigenvalue weighted by molar-refractivity contribution is 6.05. The molecule has 0 aliphatic carbocycles. The number of ether oxygens (including phenoxy) is 1. The molecule has 4 rings (SSSR count). The van der Waals surface area contributed by atoms with Crippen molar-refractivity contribution in [2.45, 2.75) is 51.4 Å². The fraction of sp³-hybridized carbons (Fsp3) is 0.520. The number of phenols is 1. The van der Waals surface area contributed by atoms with E-state index in [0.29, 0.717) is 24.9 Å². The molecule has 0 saturated carbocycles. The van der Waals surface area contributed by atoms with Crippen LogP contribution in [-0.4, -0.2) is 77.7 Å². The zero-order valence-electron chi connectivity index (χ0n) is 18.9. The number of likely N-dealkylation sites (tertiary alicyclic amines) is 1. The van der Waals surface area contributed by atoms with Gasteiger partial charge in [0.15, 0.2) is 0 Å². The van der Waals surface area contributed by atoms with E-state index in [4.69, 9.17) is 4.74 Å². The van der Waals surface area contributed by atoms with Crippen LogP contribution in [0.3, 0.4) is 0 Å². The van der Waals surface area contributed by atoms with Crippen molar-refractivity contribution in [1.29, 1.82) is 0 Å². The van der Waals surface area contributed by atoms with Crippen molar-refractivity contribution >= 4 is 22.6 Å². The standard InChI is InChI=1S/C25H33N3O4/c1-17-15-27(16-18(2)32-17)13-6-12-26-24(30)22-9-5-14-28(22)25(31)21-11-10-19-7-3-4-8-20(19)23(21)29/h3-4,7-8,10-11,17-18,22,29H,5-6,9,12-16H2,1-2H3,(H,26,30)/t17-,18-,22+/m1/s1. The molecule has 7 heteroatoms. The van der Waals surface area contributed by atoms with Crippen LogP contribution in [0.4, 0.5) is 0 Å². The Bertz CT molecular complexity index is 969. The average molecular weight is 440 g/mol. The monoisotopic (exact) mass is 439 g/mol. The molecule has 0 radical (unpaired) electrons. The highest BCUT2D eigenvalue weighted by Gasteiger charge is 2.35.